The number of hydrogen-bond acceptors (Lipinski definition) is 2. The normalized spacial score (nSPS) is 10.1. The van der Waals surface area contributed by atoms with Crippen molar-refractivity contribution in [2.24, 2.45) is 0 Å². The third kappa shape index (κ3) is 2.76. The van der Waals surface area contributed by atoms with Crippen molar-refractivity contribution in [3.63, 3.8) is 0 Å². The Hall–Kier alpha value is -2.29. The molecule has 3 heteroatoms. The summed E-state index contributed by atoms with van der Waals surface area (Å²) in [5, 5.41) is 3.06. The number of anilines is 2. The van der Waals surface area contributed by atoms with Gasteiger partial charge in [-0.1, -0.05) is 29.8 Å². The number of nitrogens with one attached hydrogen (secondary N) is 1. The lowest BCUT2D eigenvalue weighted by Crippen LogP contribution is -2.27. The molecule has 0 radical (unpaired) electrons. The molecule has 1 N–H and O–H groups in total. The number of nitrogens with zero attached hydrogens (tertiary/aromatic N) is 1. The number of carbonyl (C=O) groups excluding carboxylic acids is 1. The Labute approximate surface area is 113 Å². The van der Waals surface area contributed by atoms with Crippen molar-refractivity contribution in [1.29, 1.82) is 0 Å². The highest BCUT2D eigenvalue weighted by Gasteiger charge is 2.16. The van der Waals surface area contributed by atoms with Crippen molar-refractivity contribution in [2.45, 2.75) is 6.92 Å². The van der Waals surface area contributed by atoms with Crippen LogP contribution in [-0.4, -0.2) is 20.0 Å². The molecule has 2 rings (SSSR count). The van der Waals surface area contributed by atoms with E-state index in [9.17, 15) is 4.79 Å². The molecule has 0 atom stereocenters. The second-order valence-corrected chi connectivity index (χ2v) is 4.50. The van der Waals surface area contributed by atoms with Crippen LogP contribution in [0.15, 0.2) is 48.5 Å². The number of amides is 1. The summed E-state index contributed by atoms with van der Waals surface area (Å²) < 4.78 is 0. The highest BCUT2D eigenvalue weighted by atomic mass is 16.2. The maximum atomic E-state index is 12.6. The first-order valence-electron chi connectivity index (χ1n) is 6.25. The molecule has 2 aromatic carbocycles. The fourth-order valence-electron chi connectivity index (χ4n) is 2.00. The predicted molar refractivity (Wildman–Crippen MR) is 79.9 cm³/mol. The average Bonchev–Trinajstić information content (AvgIpc) is 2.46. The number of hydrogen-bond donors (Lipinski definition) is 1. The minimum Gasteiger partial charge on any atom is -0.387 e. The average molecular weight is 254 g/mol. The second-order valence-electron chi connectivity index (χ2n) is 4.50. The zero-order chi connectivity index (χ0) is 13.8. The van der Waals surface area contributed by atoms with Crippen LogP contribution in [0.1, 0.15) is 15.9 Å². The second kappa shape index (κ2) is 5.57. The number of para-hydroxylation sites is 1. The quantitative estimate of drug-likeness (QED) is 0.911. The monoisotopic (exact) mass is 254 g/mol. The van der Waals surface area contributed by atoms with E-state index in [0.29, 0.717) is 5.56 Å². The van der Waals surface area contributed by atoms with E-state index in [-0.39, 0.29) is 5.91 Å². The summed E-state index contributed by atoms with van der Waals surface area (Å²) in [5.74, 6) is -0.0146. The first-order valence-corrected chi connectivity index (χ1v) is 6.25. The van der Waals surface area contributed by atoms with Crippen LogP contribution < -0.4 is 10.2 Å². The molecule has 1 amide bonds. The number of benzene rings is 2. The Bertz CT molecular complexity index is 579. The summed E-state index contributed by atoms with van der Waals surface area (Å²) in [6, 6.07) is 15.5. The summed E-state index contributed by atoms with van der Waals surface area (Å²) in [6.07, 6.45) is 0. The van der Waals surface area contributed by atoms with Crippen LogP contribution in [0, 0.1) is 6.92 Å². The molecule has 0 aliphatic rings. The maximum absolute atomic E-state index is 12.6. The lowest BCUT2D eigenvalue weighted by Gasteiger charge is -2.19. The van der Waals surface area contributed by atoms with Crippen LogP contribution in [0.3, 0.4) is 0 Å². The molecular formula is C16H18N2O. The van der Waals surface area contributed by atoms with Gasteiger partial charge in [0.25, 0.3) is 5.91 Å². The van der Waals surface area contributed by atoms with E-state index in [0.717, 1.165) is 16.9 Å². The van der Waals surface area contributed by atoms with Gasteiger partial charge in [-0.3, -0.25) is 4.79 Å². The molecule has 2 aromatic rings. The Morgan fingerprint density at radius 1 is 1.11 bits per heavy atom. The van der Waals surface area contributed by atoms with Gasteiger partial charge in [-0.05, 0) is 31.2 Å². The number of carbonyl (C=O) groups is 1. The molecule has 0 fully saturated rings. The minimum atomic E-state index is -0.0146. The summed E-state index contributed by atoms with van der Waals surface area (Å²) in [5.41, 5.74) is 3.49. The Kier molecular flexibility index (Phi) is 3.85. The molecule has 19 heavy (non-hydrogen) atoms. The van der Waals surface area contributed by atoms with Gasteiger partial charge in [0.1, 0.15) is 0 Å². The van der Waals surface area contributed by atoms with Crippen molar-refractivity contribution in [3.8, 4) is 0 Å². The number of aryl methyl sites for hydroxylation is 1. The zero-order valence-electron chi connectivity index (χ0n) is 11.5. The molecule has 0 saturated heterocycles. The summed E-state index contributed by atoms with van der Waals surface area (Å²) in [4.78, 5) is 14.2. The van der Waals surface area contributed by atoms with E-state index in [1.165, 1.54) is 0 Å². The van der Waals surface area contributed by atoms with Gasteiger partial charge in [-0.25, -0.2) is 0 Å². The van der Waals surface area contributed by atoms with Gasteiger partial charge in [-0.2, -0.15) is 0 Å². The standard InChI is InChI=1S/C16H18N2O/c1-12-9-10-15(17-2)14(11-12)16(19)18(3)13-7-5-4-6-8-13/h4-11,17H,1-3H3. The van der Waals surface area contributed by atoms with Gasteiger partial charge >= 0.3 is 0 Å². The van der Waals surface area contributed by atoms with Gasteiger partial charge in [-0.15, -0.1) is 0 Å². The molecule has 0 spiro atoms. The highest BCUT2D eigenvalue weighted by molar-refractivity contribution is 6.09. The van der Waals surface area contributed by atoms with Crippen molar-refractivity contribution in [2.75, 3.05) is 24.3 Å². The van der Waals surface area contributed by atoms with Crippen LogP contribution in [0.2, 0.25) is 0 Å². The third-order valence-electron chi connectivity index (χ3n) is 3.12. The molecule has 0 heterocycles. The molecule has 0 aliphatic heterocycles. The van der Waals surface area contributed by atoms with Crippen LogP contribution in [0.25, 0.3) is 0 Å². The summed E-state index contributed by atoms with van der Waals surface area (Å²) >= 11 is 0. The smallest absolute Gasteiger partial charge is 0.260 e. The van der Waals surface area contributed by atoms with Gasteiger partial charge in [0.15, 0.2) is 0 Å². The highest BCUT2D eigenvalue weighted by Crippen LogP contribution is 2.21. The van der Waals surface area contributed by atoms with Crippen LogP contribution in [-0.2, 0) is 0 Å². The van der Waals surface area contributed by atoms with E-state index < -0.39 is 0 Å². The Balaban J connectivity index is 2.37. The summed E-state index contributed by atoms with van der Waals surface area (Å²) in [6.45, 7) is 1.98. The fourth-order valence-corrected chi connectivity index (χ4v) is 2.00. The Morgan fingerprint density at radius 2 is 1.79 bits per heavy atom. The topological polar surface area (TPSA) is 32.3 Å². The molecule has 0 bridgehead atoms. The third-order valence-corrected chi connectivity index (χ3v) is 3.12. The molecule has 98 valence electrons. The lowest BCUT2D eigenvalue weighted by atomic mass is 10.1. The van der Waals surface area contributed by atoms with Gasteiger partial charge in [0.2, 0.25) is 0 Å². The van der Waals surface area contributed by atoms with E-state index in [2.05, 4.69) is 5.32 Å². The molecule has 0 saturated carbocycles. The van der Waals surface area contributed by atoms with Crippen molar-refractivity contribution in [3.05, 3.63) is 59.7 Å². The van der Waals surface area contributed by atoms with Crippen molar-refractivity contribution in [1.82, 2.24) is 0 Å². The van der Waals surface area contributed by atoms with Gasteiger partial charge < -0.3 is 10.2 Å². The summed E-state index contributed by atoms with van der Waals surface area (Å²) in [7, 11) is 3.61. The zero-order valence-corrected chi connectivity index (χ0v) is 11.5. The first-order chi connectivity index (χ1) is 9.13. The molecule has 0 unspecified atom stereocenters. The van der Waals surface area contributed by atoms with E-state index in [4.69, 9.17) is 0 Å². The minimum absolute atomic E-state index is 0.0146. The fraction of sp³-hybridized carbons (Fsp3) is 0.188. The maximum Gasteiger partial charge on any atom is 0.260 e. The SMILES string of the molecule is CNc1ccc(C)cc1C(=O)N(C)c1ccccc1. The van der Waals surface area contributed by atoms with E-state index in [1.807, 2.05) is 62.5 Å². The lowest BCUT2D eigenvalue weighted by molar-refractivity contribution is 0.0993. The van der Waals surface area contributed by atoms with E-state index >= 15 is 0 Å². The van der Waals surface area contributed by atoms with Crippen LogP contribution in [0.4, 0.5) is 11.4 Å². The van der Waals surface area contributed by atoms with Gasteiger partial charge in [0, 0.05) is 25.5 Å². The number of rotatable bonds is 3. The molecule has 0 aliphatic carbocycles. The van der Waals surface area contributed by atoms with Crippen molar-refractivity contribution < 1.29 is 4.79 Å². The van der Waals surface area contributed by atoms with E-state index in [1.54, 1.807) is 11.9 Å². The molecular weight excluding hydrogens is 236 g/mol. The molecule has 3 nitrogen and oxygen atoms in total. The largest absolute Gasteiger partial charge is 0.387 e. The first kappa shape index (κ1) is 13.1. The molecule has 0 aromatic heterocycles. The Morgan fingerprint density at radius 3 is 2.42 bits per heavy atom. The predicted octanol–water partition coefficient (Wildman–Crippen LogP) is 3.31. The van der Waals surface area contributed by atoms with Crippen LogP contribution >= 0.6 is 0 Å². The van der Waals surface area contributed by atoms with Crippen LogP contribution in [0.5, 0.6) is 0 Å². The van der Waals surface area contributed by atoms with Crippen molar-refractivity contribution >= 4 is 17.3 Å². The van der Waals surface area contributed by atoms with Gasteiger partial charge in [0.05, 0.1) is 5.56 Å².